The van der Waals surface area contributed by atoms with Gasteiger partial charge in [-0.25, -0.2) is 0 Å². The first-order valence-corrected chi connectivity index (χ1v) is 11.9. The molecule has 0 spiro atoms. The van der Waals surface area contributed by atoms with Crippen molar-refractivity contribution in [2.75, 3.05) is 17.3 Å². The maximum absolute atomic E-state index is 13.3. The molecule has 1 fully saturated rings. The molecule has 184 valence electrons. The number of phenolic OH excluding ortho intramolecular Hbond substituents is 2. The number of halogens is 1. The van der Waals surface area contributed by atoms with Crippen molar-refractivity contribution in [3.05, 3.63) is 77.3 Å². The number of carbonyl (C=O) groups is 2. The van der Waals surface area contributed by atoms with Gasteiger partial charge in [0.15, 0.2) is 16.7 Å². The highest BCUT2D eigenvalue weighted by atomic mass is 35.5. The predicted octanol–water partition coefficient (Wildman–Crippen LogP) is 4.63. The molecule has 0 aliphatic carbocycles. The Morgan fingerprint density at radius 1 is 1.17 bits per heavy atom. The van der Waals surface area contributed by atoms with Gasteiger partial charge in [-0.05, 0) is 60.2 Å². The lowest BCUT2D eigenvalue weighted by molar-refractivity contribution is -0.121. The van der Waals surface area contributed by atoms with Gasteiger partial charge in [-0.15, -0.1) is 5.10 Å². The first-order chi connectivity index (χ1) is 17.3. The number of rotatable bonds is 7. The van der Waals surface area contributed by atoms with E-state index < -0.39 is 5.25 Å². The number of ether oxygens (including phenoxy) is 1. The lowest BCUT2D eigenvalue weighted by Gasteiger charge is -2.16. The summed E-state index contributed by atoms with van der Waals surface area (Å²) in [5.41, 5.74) is 1.58. The molecule has 3 N–H and O–H groups in total. The summed E-state index contributed by atoms with van der Waals surface area (Å²) in [6.07, 6.45) is 1.35. The second kappa shape index (κ2) is 11.1. The molecular weight excluding hydrogens is 504 g/mol. The molecule has 11 heteroatoms. The van der Waals surface area contributed by atoms with Gasteiger partial charge in [0.2, 0.25) is 11.8 Å². The van der Waals surface area contributed by atoms with E-state index in [9.17, 15) is 19.8 Å². The van der Waals surface area contributed by atoms with Crippen LogP contribution in [-0.2, 0) is 9.59 Å². The van der Waals surface area contributed by atoms with Crippen molar-refractivity contribution in [2.24, 2.45) is 10.2 Å². The van der Waals surface area contributed by atoms with Crippen LogP contribution < -0.4 is 15.0 Å². The highest BCUT2D eigenvalue weighted by Gasteiger charge is 2.40. The van der Waals surface area contributed by atoms with E-state index in [0.717, 1.165) is 11.8 Å². The molecule has 0 bridgehead atoms. The molecule has 0 aromatic heterocycles. The minimum atomic E-state index is -0.748. The molecule has 0 saturated carbocycles. The van der Waals surface area contributed by atoms with Crippen LogP contribution in [0.15, 0.2) is 76.9 Å². The summed E-state index contributed by atoms with van der Waals surface area (Å²) in [5, 5.41) is 30.8. The Kier molecular flexibility index (Phi) is 7.77. The topological polar surface area (TPSA) is 124 Å². The molecule has 9 nitrogen and oxygen atoms in total. The average molecular weight is 525 g/mol. The summed E-state index contributed by atoms with van der Waals surface area (Å²) < 4.78 is 5.09. The Labute approximate surface area is 216 Å². The fourth-order valence-corrected chi connectivity index (χ4v) is 4.59. The highest BCUT2D eigenvalue weighted by Crippen LogP contribution is 2.35. The number of nitrogens with one attached hydrogen (secondary N) is 1. The second-order valence-corrected chi connectivity index (χ2v) is 9.22. The minimum Gasteiger partial charge on any atom is -0.508 e. The van der Waals surface area contributed by atoms with E-state index in [-0.39, 0.29) is 40.7 Å². The van der Waals surface area contributed by atoms with Crippen molar-refractivity contribution in [1.29, 1.82) is 0 Å². The monoisotopic (exact) mass is 524 g/mol. The fraction of sp³-hybridized carbons (Fsp3) is 0.120. The standard InChI is InChI=1S/C25H21ClN4O5S/c1-35-21-11-15(5-10-20(21)32)14-27-29-25-30(18-3-2-4-19(31)12-18)24(34)22(36-25)13-23(33)28-17-8-6-16(26)7-9-17/h2-12,14,22,31-32H,13H2,1H3,(H,28,33)/b27-14+,29-25?. The number of benzene rings is 3. The van der Waals surface area contributed by atoms with Gasteiger partial charge in [-0.1, -0.05) is 29.4 Å². The first kappa shape index (κ1) is 25.1. The molecule has 1 heterocycles. The van der Waals surface area contributed by atoms with Crippen molar-refractivity contribution in [3.8, 4) is 17.2 Å². The van der Waals surface area contributed by atoms with E-state index in [1.165, 1.54) is 36.4 Å². The van der Waals surface area contributed by atoms with Crippen molar-refractivity contribution < 1.29 is 24.5 Å². The number of nitrogens with zero attached hydrogens (tertiary/aromatic N) is 3. The normalized spacial score (nSPS) is 16.6. The molecule has 2 amide bonds. The molecule has 1 atom stereocenters. The number of amidine groups is 1. The summed E-state index contributed by atoms with van der Waals surface area (Å²) in [4.78, 5) is 27.2. The van der Waals surface area contributed by atoms with E-state index in [1.54, 1.807) is 48.5 Å². The molecule has 0 radical (unpaired) electrons. The summed E-state index contributed by atoms with van der Waals surface area (Å²) in [7, 11) is 1.44. The van der Waals surface area contributed by atoms with Gasteiger partial charge in [0.25, 0.3) is 0 Å². The zero-order valence-electron chi connectivity index (χ0n) is 19.0. The van der Waals surface area contributed by atoms with Crippen molar-refractivity contribution in [1.82, 2.24) is 0 Å². The van der Waals surface area contributed by atoms with E-state index in [1.807, 2.05) is 0 Å². The average Bonchev–Trinajstić information content (AvgIpc) is 3.16. The number of thioether (sulfide) groups is 1. The third-order valence-electron chi connectivity index (χ3n) is 5.08. The van der Waals surface area contributed by atoms with Gasteiger partial charge in [0, 0.05) is 23.2 Å². The van der Waals surface area contributed by atoms with Crippen molar-refractivity contribution >= 4 is 57.9 Å². The van der Waals surface area contributed by atoms with Crippen molar-refractivity contribution in [3.63, 3.8) is 0 Å². The quantitative estimate of drug-likeness (QED) is 0.306. The molecular formula is C25H21ClN4O5S. The van der Waals surface area contributed by atoms with Crippen LogP contribution in [0.4, 0.5) is 11.4 Å². The minimum absolute atomic E-state index is 0.00677. The maximum Gasteiger partial charge on any atom is 0.247 e. The zero-order chi connectivity index (χ0) is 25.7. The summed E-state index contributed by atoms with van der Waals surface area (Å²) >= 11 is 6.98. The van der Waals surface area contributed by atoms with Gasteiger partial charge >= 0.3 is 0 Å². The molecule has 36 heavy (non-hydrogen) atoms. The number of amides is 2. The number of carbonyl (C=O) groups excluding carboxylic acids is 2. The van der Waals surface area contributed by atoms with E-state index in [4.69, 9.17) is 16.3 Å². The number of hydrogen-bond acceptors (Lipinski definition) is 8. The Morgan fingerprint density at radius 3 is 2.67 bits per heavy atom. The largest absolute Gasteiger partial charge is 0.508 e. The fourth-order valence-electron chi connectivity index (χ4n) is 3.37. The van der Waals surface area contributed by atoms with Gasteiger partial charge < -0.3 is 20.3 Å². The van der Waals surface area contributed by atoms with Gasteiger partial charge in [-0.3, -0.25) is 14.5 Å². The van der Waals surface area contributed by atoms with Crippen LogP contribution >= 0.6 is 23.4 Å². The van der Waals surface area contributed by atoms with Crippen LogP contribution in [0.5, 0.6) is 17.2 Å². The van der Waals surface area contributed by atoms with Crippen molar-refractivity contribution in [2.45, 2.75) is 11.7 Å². The lowest BCUT2D eigenvalue weighted by Crippen LogP contribution is -2.33. The van der Waals surface area contributed by atoms with Gasteiger partial charge in [-0.2, -0.15) is 5.10 Å². The molecule has 1 unspecified atom stereocenters. The molecule has 4 rings (SSSR count). The summed E-state index contributed by atoms with van der Waals surface area (Å²) in [5.74, 6) is -0.455. The Balaban J connectivity index is 1.56. The van der Waals surface area contributed by atoms with E-state index in [0.29, 0.717) is 22.0 Å². The SMILES string of the molecule is COc1cc(/C=N/N=C2SC(CC(=O)Nc3ccc(Cl)cc3)C(=O)N2c2cccc(O)c2)ccc1O. The summed E-state index contributed by atoms with van der Waals surface area (Å²) in [6.45, 7) is 0. The smallest absolute Gasteiger partial charge is 0.247 e. The molecule has 3 aromatic carbocycles. The zero-order valence-corrected chi connectivity index (χ0v) is 20.5. The molecule has 1 aliphatic rings. The number of hydrogen-bond donors (Lipinski definition) is 3. The van der Waals surface area contributed by atoms with Crippen LogP contribution in [0.1, 0.15) is 12.0 Å². The maximum atomic E-state index is 13.3. The lowest BCUT2D eigenvalue weighted by atomic mass is 10.2. The van der Waals surface area contributed by atoms with E-state index in [2.05, 4.69) is 15.5 Å². The number of aromatic hydroxyl groups is 2. The highest BCUT2D eigenvalue weighted by molar-refractivity contribution is 8.16. The van der Waals surface area contributed by atoms with Crippen LogP contribution in [0.2, 0.25) is 5.02 Å². The third-order valence-corrected chi connectivity index (χ3v) is 6.46. The number of phenols is 2. The van der Waals surface area contributed by atoms with Crippen LogP contribution in [-0.4, -0.2) is 45.8 Å². The molecule has 3 aromatic rings. The summed E-state index contributed by atoms with van der Waals surface area (Å²) in [6, 6.07) is 17.5. The second-order valence-electron chi connectivity index (χ2n) is 7.62. The number of methoxy groups -OCH3 is 1. The van der Waals surface area contributed by atoms with Crippen LogP contribution in [0.3, 0.4) is 0 Å². The Morgan fingerprint density at radius 2 is 1.94 bits per heavy atom. The first-order valence-electron chi connectivity index (χ1n) is 10.7. The van der Waals surface area contributed by atoms with E-state index >= 15 is 0 Å². The Bertz CT molecular complexity index is 1350. The van der Waals surface area contributed by atoms with Gasteiger partial charge in [0.05, 0.1) is 19.0 Å². The molecule has 1 aliphatic heterocycles. The van der Waals surface area contributed by atoms with Crippen LogP contribution in [0.25, 0.3) is 0 Å². The third kappa shape index (κ3) is 5.96. The molecule has 1 saturated heterocycles. The number of anilines is 2. The predicted molar refractivity (Wildman–Crippen MR) is 141 cm³/mol. The Hall–Kier alpha value is -4.02. The van der Waals surface area contributed by atoms with Gasteiger partial charge in [0.1, 0.15) is 11.0 Å². The van der Waals surface area contributed by atoms with Crippen LogP contribution in [0, 0.1) is 0 Å².